The average Bonchev–Trinajstić information content (AvgIpc) is 3.32. The second-order valence-electron chi connectivity index (χ2n) is 8.51. The molecule has 3 aromatic carbocycles. The van der Waals surface area contributed by atoms with Crippen molar-refractivity contribution >= 4 is 16.7 Å². The molecule has 0 saturated carbocycles. The Morgan fingerprint density at radius 3 is 2.27 bits per heavy atom. The zero-order valence-corrected chi connectivity index (χ0v) is 16.9. The summed E-state index contributed by atoms with van der Waals surface area (Å²) < 4.78 is 0. The molecule has 1 heterocycles. The van der Waals surface area contributed by atoms with Gasteiger partial charge in [-0.15, -0.1) is 0 Å². The Bertz CT molecular complexity index is 1180. The minimum absolute atomic E-state index is 0.110. The maximum Gasteiger partial charge on any atom is 0.126 e. The zero-order valence-electron chi connectivity index (χ0n) is 16.9. The van der Waals surface area contributed by atoms with Gasteiger partial charge in [0.2, 0.25) is 0 Å². The van der Waals surface area contributed by atoms with Crippen molar-refractivity contribution in [1.82, 2.24) is 10.3 Å². The van der Waals surface area contributed by atoms with Crippen LogP contribution >= 0.6 is 0 Å². The van der Waals surface area contributed by atoms with Crippen LogP contribution in [-0.4, -0.2) is 24.6 Å². The number of rotatable bonds is 6. The van der Waals surface area contributed by atoms with Crippen molar-refractivity contribution in [2.45, 2.75) is 17.8 Å². The number of aromatic nitrogens is 1. The Morgan fingerprint density at radius 2 is 1.47 bits per heavy atom. The van der Waals surface area contributed by atoms with E-state index in [0.717, 1.165) is 31.0 Å². The van der Waals surface area contributed by atoms with Crippen molar-refractivity contribution in [3.8, 4) is 0 Å². The molecule has 0 radical (unpaired) electrons. The standard InChI is InChI=1S/C27H25N3/c1-6-12-25-19(7-1)13-14-26(30-25)29-16-15-28-18-27-17-22(20-8-2-4-10-23(20)27)21-9-3-5-11-24(21)27/h1-14,22,28H,15-18H2,(H,29,30). The lowest BCUT2D eigenvalue weighted by molar-refractivity contribution is 0.481. The van der Waals surface area contributed by atoms with Crippen LogP contribution in [0.4, 0.5) is 5.82 Å². The first-order chi connectivity index (χ1) is 14.9. The quantitative estimate of drug-likeness (QED) is 0.451. The van der Waals surface area contributed by atoms with Gasteiger partial charge in [0.25, 0.3) is 0 Å². The topological polar surface area (TPSA) is 37.0 Å². The third-order valence-corrected chi connectivity index (χ3v) is 6.89. The Hall–Kier alpha value is -3.17. The van der Waals surface area contributed by atoms with E-state index in [1.165, 1.54) is 34.1 Å². The van der Waals surface area contributed by atoms with Crippen LogP contribution in [0.3, 0.4) is 0 Å². The molecule has 30 heavy (non-hydrogen) atoms. The maximum atomic E-state index is 4.71. The maximum absolute atomic E-state index is 4.71. The monoisotopic (exact) mass is 391 g/mol. The number of hydrogen-bond acceptors (Lipinski definition) is 3. The van der Waals surface area contributed by atoms with Gasteiger partial charge in [-0.25, -0.2) is 4.98 Å². The highest BCUT2D eigenvalue weighted by atomic mass is 15.0. The predicted molar refractivity (Wildman–Crippen MR) is 123 cm³/mol. The van der Waals surface area contributed by atoms with E-state index < -0.39 is 0 Å². The van der Waals surface area contributed by atoms with E-state index in [9.17, 15) is 0 Å². The average molecular weight is 392 g/mol. The number of fused-ring (bicyclic) bond motifs is 9. The molecule has 0 spiro atoms. The molecular weight excluding hydrogens is 366 g/mol. The molecule has 4 aromatic rings. The van der Waals surface area contributed by atoms with Crippen molar-refractivity contribution in [1.29, 1.82) is 0 Å². The highest BCUT2D eigenvalue weighted by Gasteiger charge is 2.51. The minimum Gasteiger partial charge on any atom is -0.369 e. The first-order valence-electron chi connectivity index (χ1n) is 10.8. The van der Waals surface area contributed by atoms with Crippen LogP contribution in [-0.2, 0) is 5.41 Å². The third kappa shape index (κ3) is 2.66. The fourth-order valence-corrected chi connectivity index (χ4v) is 5.58. The van der Waals surface area contributed by atoms with Crippen LogP contribution in [0.2, 0.25) is 0 Å². The summed E-state index contributed by atoms with van der Waals surface area (Å²) in [7, 11) is 0. The summed E-state index contributed by atoms with van der Waals surface area (Å²) in [6.07, 6.45) is 1.19. The van der Waals surface area contributed by atoms with Crippen molar-refractivity contribution in [3.63, 3.8) is 0 Å². The van der Waals surface area contributed by atoms with E-state index in [0.29, 0.717) is 5.92 Å². The van der Waals surface area contributed by atoms with E-state index in [1.54, 1.807) is 0 Å². The molecule has 0 fully saturated rings. The lowest BCUT2D eigenvalue weighted by Gasteiger charge is -2.31. The molecule has 0 unspecified atom stereocenters. The molecule has 3 heteroatoms. The second kappa shape index (κ2) is 6.96. The molecule has 0 saturated heterocycles. The summed E-state index contributed by atoms with van der Waals surface area (Å²) in [6.45, 7) is 2.74. The highest BCUT2D eigenvalue weighted by Crippen LogP contribution is 2.59. The van der Waals surface area contributed by atoms with Crippen LogP contribution in [0, 0.1) is 0 Å². The first-order valence-corrected chi connectivity index (χ1v) is 10.8. The number of anilines is 1. The molecular formula is C27H25N3. The summed E-state index contributed by atoms with van der Waals surface area (Å²) in [4.78, 5) is 4.71. The molecule has 6 rings (SSSR count). The SMILES string of the molecule is c1ccc2c(c1)C1CC2(CNCCNc2ccc3ccccc3n2)c2ccccc21. The van der Waals surface area contributed by atoms with Gasteiger partial charge >= 0.3 is 0 Å². The fraction of sp³-hybridized carbons (Fsp3) is 0.222. The Kier molecular flexibility index (Phi) is 4.10. The lowest BCUT2D eigenvalue weighted by Crippen LogP contribution is -2.38. The third-order valence-electron chi connectivity index (χ3n) is 6.89. The summed E-state index contributed by atoms with van der Waals surface area (Å²) in [5.41, 5.74) is 7.23. The van der Waals surface area contributed by atoms with E-state index in [2.05, 4.69) is 83.4 Å². The fourth-order valence-electron chi connectivity index (χ4n) is 5.58. The van der Waals surface area contributed by atoms with Crippen LogP contribution in [0.1, 0.15) is 34.6 Å². The van der Waals surface area contributed by atoms with Crippen LogP contribution in [0.25, 0.3) is 10.9 Å². The van der Waals surface area contributed by atoms with Gasteiger partial charge in [-0.05, 0) is 46.9 Å². The predicted octanol–water partition coefficient (Wildman–Crippen LogP) is 5.07. The smallest absolute Gasteiger partial charge is 0.126 e. The largest absolute Gasteiger partial charge is 0.369 e. The Labute approximate surface area is 177 Å². The number of para-hydroxylation sites is 1. The van der Waals surface area contributed by atoms with Gasteiger partial charge in [0.05, 0.1) is 5.52 Å². The van der Waals surface area contributed by atoms with Gasteiger partial charge in [-0.1, -0.05) is 66.7 Å². The normalized spacial score (nSPS) is 20.9. The van der Waals surface area contributed by atoms with Crippen LogP contribution in [0.15, 0.2) is 84.9 Å². The number of nitrogens with one attached hydrogen (secondary N) is 2. The molecule has 148 valence electrons. The summed E-state index contributed by atoms with van der Waals surface area (Å²) in [5.74, 6) is 1.49. The molecule has 1 aromatic heterocycles. The van der Waals surface area contributed by atoms with E-state index in [1.807, 2.05) is 12.1 Å². The van der Waals surface area contributed by atoms with Gasteiger partial charge in [0.15, 0.2) is 0 Å². The summed E-state index contributed by atoms with van der Waals surface area (Å²) in [6, 6.07) is 30.5. The van der Waals surface area contributed by atoms with Crippen molar-refractivity contribution < 1.29 is 0 Å². The molecule has 2 N–H and O–H groups in total. The molecule has 2 bridgehead atoms. The number of nitrogens with zero attached hydrogens (tertiary/aromatic N) is 1. The van der Waals surface area contributed by atoms with Crippen LogP contribution < -0.4 is 10.6 Å². The van der Waals surface area contributed by atoms with Crippen molar-refractivity contribution in [2.24, 2.45) is 0 Å². The van der Waals surface area contributed by atoms with Crippen molar-refractivity contribution in [2.75, 3.05) is 25.0 Å². The van der Waals surface area contributed by atoms with Crippen LogP contribution in [0.5, 0.6) is 0 Å². The lowest BCUT2D eigenvalue weighted by atomic mass is 9.75. The molecule has 2 aliphatic rings. The second-order valence-corrected chi connectivity index (χ2v) is 8.51. The molecule has 0 aliphatic heterocycles. The number of pyridine rings is 1. The molecule has 0 atom stereocenters. The highest BCUT2D eigenvalue weighted by molar-refractivity contribution is 5.80. The molecule has 3 nitrogen and oxygen atoms in total. The zero-order chi connectivity index (χ0) is 20.0. The number of hydrogen-bond donors (Lipinski definition) is 2. The van der Waals surface area contributed by atoms with Gasteiger partial charge < -0.3 is 10.6 Å². The van der Waals surface area contributed by atoms with Gasteiger partial charge in [-0.2, -0.15) is 0 Å². The first kappa shape index (κ1) is 17.7. The summed E-state index contributed by atoms with van der Waals surface area (Å²) in [5, 5.41) is 8.39. The number of benzene rings is 3. The minimum atomic E-state index is 0.110. The van der Waals surface area contributed by atoms with E-state index in [4.69, 9.17) is 4.98 Å². The van der Waals surface area contributed by atoms with Crippen molar-refractivity contribution in [3.05, 3.63) is 107 Å². The molecule has 2 aliphatic carbocycles. The Balaban J connectivity index is 1.15. The van der Waals surface area contributed by atoms with Gasteiger partial charge in [0.1, 0.15) is 5.82 Å². The Morgan fingerprint density at radius 1 is 0.767 bits per heavy atom. The van der Waals surface area contributed by atoms with Gasteiger partial charge in [-0.3, -0.25) is 0 Å². The molecule has 0 amide bonds. The van der Waals surface area contributed by atoms with Gasteiger partial charge in [0, 0.05) is 36.4 Å². The van der Waals surface area contributed by atoms with E-state index in [-0.39, 0.29) is 5.41 Å². The summed E-state index contributed by atoms with van der Waals surface area (Å²) >= 11 is 0. The van der Waals surface area contributed by atoms with E-state index >= 15 is 0 Å².